The molecule has 2 N–H and O–H groups in total. The molecule has 0 heterocycles. The van der Waals surface area contributed by atoms with Crippen LogP contribution < -0.4 is 14.8 Å². The second-order valence-corrected chi connectivity index (χ2v) is 4.76. The van der Waals surface area contributed by atoms with Crippen molar-refractivity contribution in [3.8, 4) is 11.5 Å². The third-order valence-electron chi connectivity index (χ3n) is 2.82. The van der Waals surface area contributed by atoms with Crippen molar-refractivity contribution in [2.24, 2.45) is 5.92 Å². The maximum Gasteiger partial charge on any atom is 0.161 e. The van der Waals surface area contributed by atoms with Gasteiger partial charge in [-0.2, -0.15) is 0 Å². The maximum atomic E-state index is 8.98. The molecule has 4 nitrogen and oxygen atoms in total. The molecule has 4 heteroatoms. The summed E-state index contributed by atoms with van der Waals surface area (Å²) in [5, 5.41) is 12.3. The summed E-state index contributed by atoms with van der Waals surface area (Å²) in [5.41, 5.74) is 1.17. The van der Waals surface area contributed by atoms with Crippen LogP contribution in [0.4, 0.5) is 0 Å². The summed E-state index contributed by atoms with van der Waals surface area (Å²) >= 11 is 0. The summed E-state index contributed by atoms with van der Waals surface area (Å²) in [7, 11) is 1.64. The molecule has 108 valence electrons. The van der Waals surface area contributed by atoms with Crippen molar-refractivity contribution in [1.29, 1.82) is 0 Å². The van der Waals surface area contributed by atoms with Crippen LogP contribution in [-0.4, -0.2) is 32.0 Å². The summed E-state index contributed by atoms with van der Waals surface area (Å²) in [5.74, 6) is 1.58. The van der Waals surface area contributed by atoms with Gasteiger partial charge in [0.1, 0.15) is 0 Å². The van der Waals surface area contributed by atoms with Gasteiger partial charge in [0.25, 0.3) is 0 Å². The fraction of sp³-hybridized carbons (Fsp3) is 0.600. The number of rotatable bonds is 9. The largest absolute Gasteiger partial charge is 0.493 e. The smallest absolute Gasteiger partial charge is 0.161 e. The Balaban J connectivity index is 2.62. The molecule has 0 aromatic heterocycles. The van der Waals surface area contributed by atoms with Crippen molar-refractivity contribution in [1.82, 2.24) is 5.32 Å². The van der Waals surface area contributed by atoms with E-state index in [1.165, 1.54) is 5.56 Å². The highest BCUT2D eigenvalue weighted by Gasteiger charge is 2.08. The fourth-order valence-electron chi connectivity index (χ4n) is 1.64. The average Bonchev–Trinajstić information content (AvgIpc) is 2.45. The summed E-state index contributed by atoms with van der Waals surface area (Å²) in [6.07, 6.45) is 1.12. The van der Waals surface area contributed by atoms with Crippen LogP contribution in [0.2, 0.25) is 0 Å². The molecule has 0 radical (unpaired) electrons. The van der Waals surface area contributed by atoms with Crippen molar-refractivity contribution in [2.75, 3.05) is 26.9 Å². The topological polar surface area (TPSA) is 50.7 Å². The molecule has 0 saturated carbocycles. The first-order chi connectivity index (χ1) is 9.21. The third-order valence-corrected chi connectivity index (χ3v) is 2.82. The van der Waals surface area contributed by atoms with Crippen molar-refractivity contribution >= 4 is 0 Å². The molecule has 0 saturated heterocycles. The summed E-state index contributed by atoms with van der Waals surface area (Å²) < 4.78 is 11.0. The highest BCUT2D eigenvalue weighted by molar-refractivity contribution is 5.42. The number of nitrogens with one attached hydrogen (secondary N) is 1. The van der Waals surface area contributed by atoms with E-state index >= 15 is 0 Å². The van der Waals surface area contributed by atoms with Gasteiger partial charge in [-0.25, -0.2) is 0 Å². The van der Waals surface area contributed by atoms with Crippen LogP contribution in [-0.2, 0) is 6.54 Å². The summed E-state index contributed by atoms with van der Waals surface area (Å²) in [6, 6.07) is 5.94. The van der Waals surface area contributed by atoms with E-state index in [2.05, 4.69) is 12.2 Å². The highest BCUT2D eigenvalue weighted by atomic mass is 16.5. The molecule has 1 unspecified atom stereocenters. The van der Waals surface area contributed by atoms with Gasteiger partial charge >= 0.3 is 0 Å². The van der Waals surface area contributed by atoms with Crippen LogP contribution in [0.3, 0.4) is 0 Å². The lowest BCUT2D eigenvalue weighted by Crippen LogP contribution is -2.14. The number of benzene rings is 1. The Morgan fingerprint density at radius 2 is 2.11 bits per heavy atom. The highest BCUT2D eigenvalue weighted by Crippen LogP contribution is 2.28. The van der Waals surface area contributed by atoms with Crippen LogP contribution in [0.5, 0.6) is 11.5 Å². The number of aliphatic hydroxyl groups excluding tert-OH is 1. The van der Waals surface area contributed by atoms with Crippen LogP contribution in [0.1, 0.15) is 25.8 Å². The number of methoxy groups -OCH3 is 1. The Morgan fingerprint density at radius 1 is 1.32 bits per heavy atom. The van der Waals surface area contributed by atoms with Gasteiger partial charge in [-0.05, 0) is 30.7 Å². The average molecular weight is 267 g/mol. The van der Waals surface area contributed by atoms with Gasteiger partial charge in [0.15, 0.2) is 11.5 Å². The lowest BCUT2D eigenvalue weighted by molar-refractivity contribution is 0.171. The van der Waals surface area contributed by atoms with Gasteiger partial charge in [-0.15, -0.1) is 0 Å². The van der Waals surface area contributed by atoms with E-state index in [0.29, 0.717) is 6.61 Å². The van der Waals surface area contributed by atoms with Gasteiger partial charge in [-0.1, -0.05) is 19.9 Å². The molecule has 1 aromatic carbocycles. The Hall–Kier alpha value is -1.26. The van der Waals surface area contributed by atoms with E-state index in [4.69, 9.17) is 14.6 Å². The zero-order valence-electron chi connectivity index (χ0n) is 12.1. The fourth-order valence-corrected chi connectivity index (χ4v) is 1.64. The molecular weight excluding hydrogens is 242 g/mol. The van der Waals surface area contributed by atoms with Crippen LogP contribution in [0.25, 0.3) is 0 Å². The van der Waals surface area contributed by atoms with Crippen molar-refractivity contribution in [3.05, 3.63) is 23.8 Å². The first kappa shape index (κ1) is 15.8. The zero-order chi connectivity index (χ0) is 14.1. The first-order valence-corrected chi connectivity index (χ1v) is 6.82. The Labute approximate surface area is 115 Å². The second-order valence-electron chi connectivity index (χ2n) is 4.76. The molecule has 19 heavy (non-hydrogen) atoms. The maximum absolute atomic E-state index is 8.98. The van der Waals surface area contributed by atoms with E-state index in [1.54, 1.807) is 7.11 Å². The quantitative estimate of drug-likeness (QED) is 0.674. The number of hydrogen-bond acceptors (Lipinski definition) is 4. The van der Waals surface area contributed by atoms with E-state index in [9.17, 15) is 0 Å². The molecule has 0 fully saturated rings. The van der Waals surface area contributed by atoms with Crippen molar-refractivity contribution in [3.63, 3.8) is 0 Å². The second kappa shape index (κ2) is 8.77. The summed E-state index contributed by atoms with van der Waals surface area (Å²) in [6.45, 7) is 6.54. The van der Waals surface area contributed by atoms with E-state index in [-0.39, 0.29) is 12.5 Å². The van der Waals surface area contributed by atoms with Crippen molar-refractivity contribution in [2.45, 2.75) is 26.8 Å². The number of ether oxygens (including phenoxy) is 2. The molecule has 1 rings (SSSR count). The lowest BCUT2D eigenvalue weighted by Gasteiger charge is -2.14. The normalized spacial score (nSPS) is 12.2. The number of hydrogen-bond donors (Lipinski definition) is 2. The lowest BCUT2D eigenvalue weighted by atomic mass is 10.2. The predicted octanol–water partition coefficient (Wildman–Crippen LogP) is 2.20. The summed E-state index contributed by atoms with van der Waals surface area (Å²) in [4.78, 5) is 0. The molecule has 1 atom stereocenters. The Kier molecular flexibility index (Phi) is 7.30. The molecule has 0 aliphatic carbocycles. The zero-order valence-corrected chi connectivity index (χ0v) is 12.1. The SMILES string of the molecule is CCCNCc1ccc(OCC(C)CO)c(OC)c1. The minimum absolute atomic E-state index is 0.121. The van der Waals surface area contributed by atoms with Crippen LogP contribution >= 0.6 is 0 Å². The van der Waals surface area contributed by atoms with Gasteiger partial charge in [0.2, 0.25) is 0 Å². The molecular formula is C15H25NO3. The number of aliphatic hydroxyl groups is 1. The van der Waals surface area contributed by atoms with Gasteiger partial charge in [-0.3, -0.25) is 0 Å². The monoisotopic (exact) mass is 267 g/mol. The molecule has 0 bridgehead atoms. The molecule has 0 spiro atoms. The third kappa shape index (κ3) is 5.49. The minimum Gasteiger partial charge on any atom is -0.493 e. The van der Waals surface area contributed by atoms with E-state index < -0.39 is 0 Å². The minimum atomic E-state index is 0.121. The van der Waals surface area contributed by atoms with E-state index in [0.717, 1.165) is 31.0 Å². The standard InChI is InChI=1S/C15H25NO3/c1-4-7-16-9-13-5-6-14(15(8-13)18-3)19-11-12(2)10-17/h5-6,8,12,16-17H,4,7,9-11H2,1-3H3. The van der Waals surface area contributed by atoms with Crippen LogP contribution in [0.15, 0.2) is 18.2 Å². The van der Waals surface area contributed by atoms with Gasteiger partial charge in [0, 0.05) is 19.1 Å². The van der Waals surface area contributed by atoms with Crippen molar-refractivity contribution < 1.29 is 14.6 Å². The molecule has 1 aromatic rings. The molecule has 0 amide bonds. The molecule has 0 aliphatic rings. The molecule has 0 aliphatic heterocycles. The first-order valence-electron chi connectivity index (χ1n) is 6.82. The predicted molar refractivity (Wildman–Crippen MR) is 76.7 cm³/mol. The van der Waals surface area contributed by atoms with Gasteiger partial charge in [0.05, 0.1) is 13.7 Å². The van der Waals surface area contributed by atoms with E-state index in [1.807, 2.05) is 25.1 Å². The van der Waals surface area contributed by atoms with Crippen LogP contribution in [0, 0.1) is 5.92 Å². The Morgan fingerprint density at radius 3 is 2.74 bits per heavy atom. The Bertz CT molecular complexity index is 368. The van der Waals surface area contributed by atoms with Gasteiger partial charge < -0.3 is 19.9 Å².